The van der Waals surface area contributed by atoms with Gasteiger partial charge < -0.3 is 4.90 Å². The first-order valence-corrected chi connectivity index (χ1v) is 6.67. The number of alkyl halides is 2. The quantitative estimate of drug-likeness (QED) is 0.820. The number of rotatable bonds is 3. The zero-order chi connectivity index (χ0) is 15.2. The second kappa shape index (κ2) is 6.96. The second-order valence-corrected chi connectivity index (χ2v) is 4.70. The summed E-state index contributed by atoms with van der Waals surface area (Å²) in [4.78, 5) is 28.6. The summed E-state index contributed by atoms with van der Waals surface area (Å²) in [5.41, 5.74) is 3.72. The molecule has 1 aromatic rings. The molecule has 2 amide bonds. The molecule has 0 saturated carbocycles. The van der Waals surface area contributed by atoms with Crippen LogP contribution in [0, 0.1) is 0 Å². The minimum Gasteiger partial charge on any atom is -0.357 e. The fraction of sp³-hybridized carbons (Fsp3) is 0.462. The van der Waals surface area contributed by atoms with Gasteiger partial charge in [-0.15, -0.1) is 0 Å². The SMILES string of the molecule is O=C(NNC(=O)C(F)F)c1ccc(N2CCCCC2)nc1. The molecule has 0 radical (unpaired) electrons. The Balaban J connectivity index is 1.91. The Bertz CT molecular complexity index is 501. The number of amides is 2. The topological polar surface area (TPSA) is 74.3 Å². The average molecular weight is 298 g/mol. The summed E-state index contributed by atoms with van der Waals surface area (Å²) in [5, 5.41) is 0. The highest BCUT2D eigenvalue weighted by atomic mass is 19.3. The van der Waals surface area contributed by atoms with E-state index < -0.39 is 18.2 Å². The number of carbonyl (C=O) groups excluding carboxylic acids is 2. The van der Waals surface area contributed by atoms with Crippen molar-refractivity contribution in [2.75, 3.05) is 18.0 Å². The fourth-order valence-corrected chi connectivity index (χ4v) is 2.08. The van der Waals surface area contributed by atoms with Gasteiger partial charge in [0.25, 0.3) is 5.91 Å². The van der Waals surface area contributed by atoms with Crippen molar-refractivity contribution in [2.45, 2.75) is 25.7 Å². The molecule has 0 bridgehead atoms. The molecule has 1 fully saturated rings. The van der Waals surface area contributed by atoms with E-state index in [1.54, 1.807) is 17.6 Å². The summed E-state index contributed by atoms with van der Waals surface area (Å²) < 4.78 is 23.9. The first-order chi connectivity index (χ1) is 10.1. The van der Waals surface area contributed by atoms with Crippen molar-refractivity contribution in [3.8, 4) is 0 Å². The van der Waals surface area contributed by atoms with Crippen LogP contribution >= 0.6 is 0 Å². The van der Waals surface area contributed by atoms with Crippen LogP contribution in [-0.2, 0) is 4.79 Å². The summed E-state index contributed by atoms with van der Waals surface area (Å²) in [6.07, 6.45) is 1.62. The number of aromatic nitrogens is 1. The lowest BCUT2D eigenvalue weighted by Gasteiger charge is -2.27. The highest BCUT2D eigenvalue weighted by Gasteiger charge is 2.17. The van der Waals surface area contributed by atoms with Crippen molar-refractivity contribution in [2.24, 2.45) is 0 Å². The van der Waals surface area contributed by atoms with Crippen LogP contribution in [0.3, 0.4) is 0 Å². The molecule has 21 heavy (non-hydrogen) atoms. The molecule has 0 spiro atoms. The van der Waals surface area contributed by atoms with E-state index in [2.05, 4.69) is 9.88 Å². The summed E-state index contributed by atoms with van der Waals surface area (Å²) in [6.45, 7) is 1.87. The average Bonchev–Trinajstić information content (AvgIpc) is 2.53. The predicted octanol–water partition coefficient (Wildman–Crippen LogP) is 1.10. The Morgan fingerprint density at radius 1 is 1.14 bits per heavy atom. The van der Waals surface area contributed by atoms with E-state index in [0.717, 1.165) is 31.7 Å². The van der Waals surface area contributed by atoms with Crippen molar-refractivity contribution in [3.63, 3.8) is 0 Å². The molecule has 0 aliphatic carbocycles. The minimum atomic E-state index is -3.18. The maximum atomic E-state index is 12.0. The van der Waals surface area contributed by atoms with Gasteiger partial charge in [0, 0.05) is 19.3 Å². The number of hydrogen-bond donors (Lipinski definition) is 2. The number of hydrogen-bond acceptors (Lipinski definition) is 4. The van der Waals surface area contributed by atoms with E-state index in [-0.39, 0.29) is 5.56 Å². The molecule has 1 aliphatic rings. The molecule has 114 valence electrons. The molecule has 1 saturated heterocycles. The minimum absolute atomic E-state index is 0.185. The van der Waals surface area contributed by atoms with Gasteiger partial charge >= 0.3 is 12.3 Å². The molecule has 1 aromatic heterocycles. The molecule has 2 heterocycles. The lowest BCUT2D eigenvalue weighted by molar-refractivity contribution is -0.132. The lowest BCUT2D eigenvalue weighted by atomic mass is 10.1. The molecule has 6 nitrogen and oxygen atoms in total. The van der Waals surface area contributed by atoms with Gasteiger partial charge in [0.05, 0.1) is 5.56 Å². The van der Waals surface area contributed by atoms with Gasteiger partial charge in [-0.05, 0) is 31.4 Å². The Hall–Kier alpha value is -2.25. The van der Waals surface area contributed by atoms with E-state index in [0.29, 0.717) is 0 Å². The number of nitrogens with one attached hydrogen (secondary N) is 2. The Labute approximate surface area is 120 Å². The summed E-state index contributed by atoms with van der Waals surface area (Å²) in [6, 6.07) is 3.25. The number of pyridine rings is 1. The third-order valence-electron chi connectivity index (χ3n) is 3.19. The third-order valence-corrected chi connectivity index (χ3v) is 3.19. The molecule has 8 heteroatoms. The van der Waals surface area contributed by atoms with Crippen LogP contribution in [0.5, 0.6) is 0 Å². The van der Waals surface area contributed by atoms with Gasteiger partial charge in [0.15, 0.2) is 0 Å². The van der Waals surface area contributed by atoms with E-state index >= 15 is 0 Å². The van der Waals surface area contributed by atoms with Crippen molar-refractivity contribution < 1.29 is 18.4 Å². The molecule has 2 rings (SSSR count). The third kappa shape index (κ3) is 4.11. The number of hydrazine groups is 1. The Morgan fingerprint density at radius 3 is 2.43 bits per heavy atom. The normalized spacial score (nSPS) is 14.9. The van der Waals surface area contributed by atoms with Crippen LogP contribution in [-0.4, -0.2) is 36.3 Å². The van der Waals surface area contributed by atoms with Crippen LogP contribution < -0.4 is 15.8 Å². The largest absolute Gasteiger partial charge is 0.357 e. The van der Waals surface area contributed by atoms with Crippen molar-refractivity contribution >= 4 is 17.6 Å². The standard InChI is InChI=1S/C13H16F2N4O2/c14-11(15)13(21)18-17-12(20)9-4-5-10(16-8-9)19-6-2-1-3-7-19/h4-5,8,11H,1-3,6-7H2,(H,17,20)(H,18,21). The zero-order valence-corrected chi connectivity index (χ0v) is 11.3. The van der Waals surface area contributed by atoms with Gasteiger partial charge in [-0.3, -0.25) is 20.4 Å². The number of halogens is 2. The Kier molecular flexibility index (Phi) is 5.02. The molecule has 0 unspecified atom stereocenters. The fourth-order valence-electron chi connectivity index (χ4n) is 2.08. The van der Waals surface area contributed by atoms with Gasteiger partial charge in [0.1, 0.15) is 5.82 Å². The molecule has 2 N–H and O–H groups in total. The van der Waals surface area contributed by atoms with Crippen LogP contribution in [0.4, 0.5) is 14.6 Å². The van der Waals surface area contributed by atoms with Crippen LogP contribution in [0.1, 0.15) is 29.6 Å². The summed E-state index contributed by atoms with van der Waals surface area (Å²) >= 11 is 0. The van der Waals surface area contributed by atoms with Gasteiger partial charge in [0.2, 0.25) is 0 Å². The predicted molar refractivity (Wildman–Crippen MR) is 71.9 cm³/mol. The van der Waals surface area contributed by atoms with E-state index in [1.807, 2.05) is 5.43 Å². The zero-order valence-electron chi connectivity index (χ0n) is 11.3. The van der Waals surface area contributed by atoms with Crippen LogP contribution in [0.2, 0.25) is 0 Å². The molecular weight excluding hydrogens is 282 g/mol. The molecule has 0 atom stereocenters. The second-order valence-electron chi connectivity index (χ2n) is 4.70. The van der Waals surface area contributed by atoms with Crippen LogP contribution in [0.15, 0.2) is 18.3 Å². The van der Waals surface area contributed by atoms with E-state index in [4.69, 9.17) is 0 Å². The van der Waals surface area contributed by atoms with E-state index in [1.165, 1.54) is 12.6 Å². The smallest absolute Gasteiger partial charge is 0.317 e. The number of nitrogens with zero attached hydrogens (tertiary/aromatic N) is 2. The molecule has 0 aromatic carbocycles. The van der Waals surface area contributed by atoms with Crippen LogP contribution in [0.25, 0.3) is 0 Å². The molecular formula is C13H16F2N4O2. The highest BCUT2D eigenvalue weighted by molar-refractivity contribution is 5.95. The summed E-state index contributed by atoms with van der Waals surface area (Å²) in [5.74, 6) is -1.47. The highest BCUT2D eigenvalue weighted by Crippen LogP contribution is 2.17. The van der Waals surface area contributed by atoms with E-state index in [9.17, 15) is 18.4 Å². The Morgan fingerprint density at radius 2 is 1.86 bits per heavy atom. The number of piperidine rings is 1. The maximum absolute atomic E-state index is 12.0. The summed E-state index contributed by atoms with van der Waals surface area (Å²) in [7, 11) is 0. The first kappa shape index (κ1) is 15.1. The van der Waals surface area contributed by atoms with Gasteiger partial charge in [-0.2, -0.15) is 8.78 Å². The van der Waals surface area contributed by atoms with Gasteiger partial charge in [-0.25, -0.2) is 4.98 Å². The van der Waals surface area contributed by atoms with Crippen molar-refractivity contribution in [1.29, 1.82) is 0 Å². The van der Waals surface area contributed by atoms with Gasteiger partial charge in [-0.1, -0.05) is 0 Å². The van der Waals surface area contributed by atoms with Crippen molar-refractivity contribution in [1.82, 2.24) is 15.8 Å². The lowest BCUT2D eigenvalue weighted by Crippen LogP contribution is -2.44. The van der Waals surface area contributed by atoms with Crippen molar-refractivity contribution in [3.05, 3.63) is 23.9 Å². The molecule has 1 aliphatic heterocycles. The number of carbonyl (C=O) groups is 2. The monoisotopic (exact) mass is 298 g/mol. The first-order valence-electron chi connectivity index (χ1n) is 6.67. The number of anilines is 1. The maximum Gasteiger partial charge on any atom is 0.317 e.